The molecule has 1 heterocycles. The molecule has 1 aromatic rings. The van der Waals surface area contributed by atoms with E-state index in [-0.39, 0.29) is 0 Å². The Balaban J connectivity index is 2.39. The van der Waals surface area contributed by atoms with Crippen LogP contribution in [0.3, 0.4) is 0 Å². The van der Waals surface area contributed by atoms with E-state index in [9.17, 15) is 0 Å². The first-order valence-corrected chi connectivity index (χ1v) is 6.51. The van der Waals surface area contributed by atoms with Gasteiger partial charge in [-0.15, -0.1) is 11.8 Å². The third-order valence-electron chi connectivity index (χ3n) is 2.93. The molecule has 0 bridgehead atoms. The lowest BCUT2D eigenvalue weighted by molar-refractivity contribution is 0.404. The molecule has 0 aliphatic carbocycles. The first-order chi connectivity index (χ1) is 7.36. The maximum atomic E-state index is 5.46. The molecule has 82 valence electrons. The standard InChI is InChI=1S/C12H17NOS/c1-14-10-4-3-5-11(15-2)12(10)9-6-7-13-8-9/h3-5,9,13H,6-8H2,1-2H3. The predicted octanol–water partition coefficient (Wildman–Crippen LogP) is 2.49. The molecular weight excluding hydrogens is 206 g/mol. The molecule has 0 spiro atoms. The number of hydrogen-bond donors (Lipinski definition) is 1. The lowest BCUT2D eigenvalue weighted by atomic mass is 9.97. The minimum atomic E-state index is 0.614. The van der Waals surface area contributed by atoms with Gasteiger partial charge in [-0.2, -0.15) is 0 Å². The summed E-state index contributed by atoms with van der Waals surface area (Å²) in [6.45, 7) is 2.20. The van der Waals surface area contributed by atoms with Crippen molar-refractivity contribution >= 4 is 11.8 Å². The summed E-state index contributed by atoms with van der Waals surface area (Å²) >= 11 is 1.80. The quantitative estimate of drug-likeness (QED) is 0.796. The summed E-state index contributed by atoms with van der Waals surface area (Å²) in [6, 6.07) is 6.31. The van der Waals surface area contributed by atoms with Crippen molar-refractivity contribution in [3.05, 3.63) is 23.8 Å². The normalized spacial score (nSPS) is 20.5. The number of rotatable bonds is 3. The summed E-state index contributed by atoms with van der Waals surface area (Å²) in [5.74, 6) is 1.65. The van der Waals surface area contributed by atoms with Crippen molar-refractivity contribution in [1.82, 2.24) is 5.32 Å². The Kier molecular flexibility index (Phi) is 3.54. The van der Waals surface area contributed by atoms with Crippen molar-refractivity contribution in [3.8, 4) is 5.75 Å². The first-order valence-electron chi connectivity index (χ1n) is 5.28. The maximum absolute atomic E-state index is 5.46. The number of ether oxygens (including phenoxy) is 1. The Hall–Kier alpha value is -0.670. The smallest absolute Gasteiger partial charge is 0.123 e. The van der Waals surface area contributed by atoms with Gasteiger partial charge in [-0.3, -0.25) is 0 Å². The van der Waals surface area contributed by atoms with Gasteiger partial charge >= 0.3 is 0 Å². The summed E-state index contributed by atoms with van der Waals surface area (Å²) in [7, 11) is 1.76. The molecule has 1 N–H and O–H groups in total. The molecule has 0 radical (unpaired) electrons. The van der Waals surface area contributed by atoms with Crippen LogP contribution in [-0.4, -0.2) is 26.5 Å². The molecular formula is C12H17NOS. The lowest BCUT2D eigenvalue weighted by Gasteiger charge is -2.17. The average molecular weight is 223 g/mol. The first kappa shape index (κ1) is 10.8. The summed E-state index contributed by atoms with van der Waals surface area (Å²) < 4.78 is 5.46. The second-order valence-corrected chi connectivity index (χ2v) is 4.61. The van der Waals surface area contributed by atoms with Crippen LogP contribution in [0.25, 0.3) is 0 Å². The van der Waals surface area contributed by atoms with E-state index in [0.717, 1.165) is 18.8 Å². The highest BCUT2D eigenvalue weighted by Crippen LogP contribution is 2.37. The molecule has 1 atom stereocenters. The molecule has 1 aliphatic heterocycles. The van der Waals surface area contributed by atoms with Gasteiger partial charge in [0, 0.05) is 22.9 Å². The second kappa shape index (κ2) is 4.90. The van der Waals surface area contributed by atoms with Crippen molar-refractivity contribution in [3.63, 3.8) is 0 Å². The van der Waals surface area contributed by atoms with E-state index in [1.54, 1.807) is 18.9 Å². The number of benzene rings is 1. The van der Waals surface area contributed by atoms with Crippen LogP contribution in [0.4, 0.5) is 0 Å². The number of thioether (sulfide) groups is 1. The Bertz CT molecular complexity index is 312. The fourth-order valence-corrected chi connectivity index (χ4v) is 2.89. The van der Waals surface area contributed by atoms with Crippen LogP contribution in [0.1, 0.15) is 17.9 Å². The van der Waals surface area contributed by atoms with Gasteiger partial charge in [0.1, 0.15) is 5.75 Å². The molecule has 0 saturated carbocycles. The Morgan fingerprint density at radius 3 is 2.93 bits per heavy atom. The minimum absolute atomic E-state index is 0.614. The van der Waals surface area contributed by atoms with Gasteiger partial charge in [-0.1, -0.05) is 6.07 Å². The third-order valence-corrected chi connectivity index (χ3v) is 3.73. The molecule has 1 fully saturated rings. The lowest BCUT2D eigenvalue weighted by Crippen LogP contribution is -2.09. The summed E-state index contributed by atoms with van der Waals surface area (Å²) in [4.78, 5) is 1.35. The monoisotopic (exact) mass is 223 g/mol. The summed E-state index contributed by atoms with van der Waals surface area (Å²) in [5.41, 5.74) is 1.39. The summed E-state index contributed by atoms with van der Waals surface area (Å²) in [6.07, 6.45) is 3.34. The highest BCUT2D eigenvalue weighted by atomic mass is 32.2. The molecule has 15 heavy (non-hydrogen) atoms. The zero-order chi connectivity index (χ0) is 10.7. The molecule has 1 aliphatic rings. The van der Waals surface area contributed by atoms with Crippen molar-refractivity contribution in [2.45, 2.75) is 17.2 Å². The fourth-order valence-electron chi connectivity index (χ4n) is 2.18. The van der Waals surface area contributed by atoms with Crippen LogP contribution in [0.2, 0.25) is 0 Å². The van der Waals surface area contributed by atoms with E-state index in [1.165, 1.54) is 16.9 Å². The van der Waals surface area contributed by atoms with E-state index in [4.69, 9.17) is 4.74 Å². The maximum Gasteiger partial charge on any atom is 0.123 e. The van der Waals surface area contributed by atoms with E-state index < -0.39 is 0 Å². The van der Waals surface area contributed by atoms with Gasteiger partial charge in [0.15, 0.2) is 0 Å². The van der Waals surface area contributed by atoms with Crippen molar-refractivity contribution in [2.24, 2.45) is 0 Å². The average Bonchev–Trinajstić information content (AvgIpc) is 2.81. The molecule has 3 heteroatoms. The SMILES string of the molecule is COc1cccc(SC)c1C1CCNC1. The number of nitrogens with one attached hydrogen (secondary N) is 1. The molecule has 1 saturated heterocycles. The number of methoxy groups -OCH3 is 1. The van der Waals surface area contributed by atoms with E-state index in [2.05, 4.69) is 29.8 Å². The highest BCUT2D eigenvalue weighted by molar-refractivity contribution is 7.98. The van der Waals surface area contributed by atoms with Gasteiger partial charge in [0.2, 0.25) is 0 Å². The van der Waals surface area contributed by atoms with Gasteiger partial charge in [0.05, 0.1) is 7.11 Å². The van der Waals surface area contributed by atoms with Crippen LogP contribution in [0.5, 0.6) is 5.75 Å². The summed E-state index contributed by atoms with van der Waals surface area (Å²) in [5, 5.41) is 3.41. The molecule has 1 aromatic carbocycles. The Labute approximate surface area is 95.4 Å². The molecule has 0 aromatic heterocycles. The Morgan fingerprint density at radius 1 is 1.47 bits per heavy atom. The largest absolute Gasteiger partial charge is 0.496 e. The molecule has 0 amide bonds. The third kappa shape index (κ3) is 2.13. The Morgan fingerprint density at radius 2 is 2.33 bits per heavy atom. The van der Waals surface area contributed by atoms with Gasteiger partial charge < -0.3 is 10.1 Å². The van der Waals surface area contributed by atoms with Crippen molar-refractivity contribution in [2.75, 3.05) is 26.5 Å². The van der Waals surface area contributed by atoms with Crippen molar-refractivity contribution < 1.29 is 4.74 Å². The van der Waals surface area contributed by atoms with Crippen LogP contribution >= 0.6 is 11.8 Å². The van der Waals surface area contributed by atoms with E-state index >= 15 is 0 Å². The number of hydrogen-bond acceptors (Lipinski definition) is 3. The molecule has 2 rings (SSSR count). The van der Waals surface area contributed by atoms with E-state index in [1.807, 2.05) is 0 Å². The van der Waals surface area contributed by atoms with Crippen molar-refractivity contribution in [1.29, 1.82) is 0 Å². The van der Waals surface area contributed by atoms with Gasteiger partial charge in [-0.05, 0) is 31.4 Å². The second-order valence-electron chi connectivity index (χ2n) is 3.77. The van der Waals surface area contributed by atoms with Crippen LogP contribution in [-0.2, 0) is 0 Å². The highest BCUT2D eigenvalue weighted by Gasteiger charge is 2.22. The minimum Gasteiger partial charge on any atom is -0.496 e. The van der Waals surface area contributed by atoms with E-state index in [0.29, 0.717) is 5.92 Å². The zero-order valence-electron chi connectivity index (χ0n) is 9.25. The topological polar surface area (TPSA) is 21.3 Å². The zero-order valence-corrected chi connectivity index (χ0v) is 10.1. The molecule has 1 unspecified atom stereocenters. The van der Waals surface area contributed by atoms with Crippen LogP contribution < -0.4 is 10.1 Å². The fraction of sp³-hybridized carbons (Fsp3) is 0.500. The molecule has 2 nitrogen and oxygen atoms in total. The van der Waals surface area contributed by atoms with Crippen LogP contribution in [0.15, 0.2) is 23.1 Å². The van der Waals surface area contributed by atoms with Crippen LogP contribution in [0, 0.1) is 0 Å². The predicted molar refractivity (Wildman–Crippen MR) is 65.0 cm³/mol. The van der Waals surface area contributed by atoms with Gasteiger partial charge in [0.25, 0.3) is 0 Å². The van der Waals surface area contributed by atoms with Gasteiger partial charge in [-0.25, -0.2) is 0 Å².